The van der Waals surface area contributed by atoms with Crippen molar-refractivity contribution >= 4 is 23.3 Å². The van der Waals surface area contributed by atoms with E-state index in [1.54, 1.807) is 18.2 Å². The molecule has 0 atom stereocenters. The van der Waals surface area contributed by atoms with Crippen molar-refractivity contribution in [3.63, 3.8) is 0 Å². The normalized spacial score (nSPS) is 10.2. The number of nitrogens with one attached hydrogen (secondary N) is 1. The van der Waals surface area contributed by atoms with E-state index in [4.69, 9.17) is 9.47 Å². The van der Waals surface area contributed by atoms with Crippen molar-refractivity contribution in [2.75, 3.05) is 32.6 Å². The smallest absolute Gasteiger partial charge is 0.260 e. The summed E-state index contributed by atoms with van der Waals surface area (Å²) >= 11 is 0. The van der Waals surface area contributed by atoms with Gasteiger partial charge in [0.1, 0.15) is 0 Å². The van der Waals surface area contributed by atoms with Gasteiger partial charge in [0.25, 0.3) is 5.91 Å². The number of carbonyl (C=O) groups is 3. The van der Waals surface area contributed by atoms with Crippen LogP contribution in [0.5, 0.6) is 11.5 Å². The van der Waals surface area contributed by atoms with Crippen molar-refractivity contribution < 1.29 is 23.9 Å². The Morgan fingerprint density at radius 3 is 2.41 bits per heavy atom. The molecule has 0 aliphatic rings. The Labute approximate surface area is 170 Å². The van der Waals surface area contributed by atoms with Gasteiger partial charge in [-0.05, 0) is 56.2 Å². The van der Waals surface area contributed by atoms with E-state index >= 15 is 0 Å². The van der Waals surface area contributed by atoms with Gasteiger partial charge in [-0.25, -0.2) is 0 Å². The molecule has 0 saturated carbocycles. The number of aryl methyl sites for hydroxylation is 2. The van der Waals surface area contributed by atoms with E-state index in [1.165, 1.54) is 26.0 Å². The fourth-order valence-corrected chi connectivity index (χ4v) is 2.62. The van der Waals surface area contributed by atoms with Crippen molar-refractivity contribution in [2.45, 2.75) is 20.8 Å². The summed E-state index contributed by atoms with van der Waals surface area (Å²) in [6, 6.07) is 10.5. The van der Waals surface area contributed by atoms with Crippen molar-refractivity contribution in [1.82, 2.24) is 4.90 Å². The molecule has 29 heavy (non-hydrogen) atoms. The van der Waals surface area contributed by atoms with Crippen LogP contribution in [0.1, 0.15) is 28.4 Å². The van der Waals surface area contributed by atoms with Crippen LogP contribution in [0.3, 0.4) is 0 Å². The van der Waals surface area contributed by atoms with Crippen LogP contribution >= 0.6 is 0 Å². The SMILES string of the molecule is COc1cc(C(C)=O)ccc1OCC(=O)N(C)CC(=O)Nc1cc(C)ccc1C. The largest absolute Gasteiger partial charge is 0.493 e. The van der Waals surface area contributed by atoms with E-state index in [-0.39, 0.29) is 30.7 Å². The third kappa shape index (κ3) is 6.07. The van der Waals surface area contributed by atoms with Crippen molar-refractivity contribution in [2.24, 2.45) is 0 Å². The van der Waals surface area contributed by atoms with Gasteiger partial charge in [-0.2, -0.15) is 0 Å². The van der Waals surface area contributed by atoms with Gasteiger partial charge in [-0.15, -0.1) is 0 Å². The fraction of sp³-hybridized carbons (Fsp3) is 0.318. The molecular formula is C22H26N2O5. The Morgan fingerprint density at radius 1 is 1.03 bits per heavy atom. The second-order valence-electron chi connectivity index (χ2n) is 6.83. The van der Waals surface area contributed by atoms with E-state index in [9.17, 15) is 14.4 Å². The van der Waals surface area contributed by atoms with Gasteiger partial charge in [0.05, 0.1) is 13.7 Å². The predicted molar refractivity (Wildman–Crippen MR) is 111 cm³/mol. The summed E-state index contributed by atoms with van der Waals surface area (Å²) < 4.78 is 10.7. The Morgan fingerprint density at radius 2 is 1.76 bits per heavy atom. The molecule has 0 aliphatic carbocycles. The van der Waals surface area contributed by atoms with Crippen LogP contribution in [-0.2, 0) is 9.59 Å². The quantitative estimate of drug-likeness (QED) is 0.691. The van der Waals surface area contributed by atoms with Gasteiger partial charge in [0.15, 0.2) is 23.9 Å². The number of anilines is 1. The number of hydrogen-bond acceptors (Lipinski definition) is 5. The first-order chi connectivity index (χ1) is 13.7. The minimum atomic E-state index is -0.362. The van der Waals surface area contributed by atoms with Crippen LogP contribution in [0.4, 0.5) is 5.69 Å². The minimum Gasteiger partial charge on any atom is -0.493 e. The molecule has 0 saturated heterocycles. The number of benzene rings is 2. The van der Waals surface area contributed by atoms with Gasteiger partial charge in [-0.1, -0.05) is 12.1 Å². The molecule has 0 spiro atoms. The average molecular weight is 398 g/mol. The summed E-state index contributed by atoms with van der Waals surface area (Å²) in [6.45, 7) is 4.94. The second kappa shape index (κ2) is 9.73. The summed E-state index contributed by atoms with van der Waals surface area (Å²) in [6.07, 6.45) is 0. The van der Waals surface area contributed by atoms with Crippen molar-refractivity contribution in [1.29, 1.82) is 0 Å². The number of methoxy groups -OCH3 is 1. The Kier molecular flexibility index (Phi) is 7.36. The molecule has 7 heteroatoms. The lowest BCUT2D eigenvalue weighted by Crippen LogP contribution is -2.37. The lowest BCUT2D eigenvalue weighted by molar-refractivity contribution is -0.135. The van der Waals surface area contributed by atoms with E-state index in [2.05, 4.69) is 5.32 Å². The van der Waals surface area contributed by atoms with Gasteiger partial charge < -0.3 is 19.7 Å². The average Bonchev–Trinajstić information content (AvgIpc) is 2.68. The van der Waals surface area contributed by atoms with Crippen LogP contribution in [0.25, 0.3) is 0 Å². The number of ketones is 1. The maximum absolute atomic E-state index is 12.3. The van der Waals surface area contributed by atoms with Crippen LogP contribution in [-0.4, -0.2) is 49.8 Å². The molecule has 0 fully saturated rings. The first-order valence-electron chi connectivity index (χ1n) is 9.14. The second-order valence-corrected chi connectivity index (χ2v) is 6.83. The van der Waals surface area contributed by atoms with E-state index in [0.717, 1.165) is 16.8 Å². The van der Waals surface area contributed by atoms with Crippen molar-refractivity contribution in [3.05, 3.63) is 53.1 Å². The fourth-order valence-electron chi connectivity index (χ4n) is 2.62. The van der Waals surface area contributed by atoms with Crippen LogP contribution < -0.4 is 14.8 Å². The molecule has 2 rings (SSSR count). The number of ether oxygens (including phenoxy) is 2. The highest BCUT2D eigenvalue weighted by Gasteiger charge is 2.16. The molecule has 2 amide bonds. The zero-order valence-electron chi connectivity index (χ0n) is 17.4. The molecule has 1 N–H and O–H groups in total. The molecule has 2 aromatic carbocycles. The summed E-state index contributed by atoms with van der Waals surface area (Å²) in [5.41, 5.74) is 3.19. The topological polar surface area (TPSA) is 84.9 Å². The highest BCUT2D eigenvalue weighted by molar-refractivity contribution is 5.95. The number of hydrogen-bond donors (Lipinski definition) is 1. The number of rotatable bonds is 8. The summed E-state index contributed by atoms with van der Waals surface area (Å²) in [4.78, 5) is 37.3. The molecule has 0 radical (unpaired) electrons. The molecule has 0 heterocycles. The molecule has 154 valence electrons. The van der Waals surface area contributed by atoms with Gasteiger partial charge in [0, 0.05) is 18.3 Å². The maximum atomic E-state index is 12.3. The monoisotopic (exact) mass is 398 g/mol. The highest BCUT2D eigenvalue weighted by atomic mass is 16.5. The number of carbonyl (C=O) groups excluding carboxylic acids is 3. The van der Waals surface area contributed by atoms with Gasteiger partial charge in [-0.3, -0.25) is 14.4 Å². The molecule has 7 nitrogen and oxygen atoms in total. The highest BCUT2D eigenvalue weighted by Crippen LogP contribution is 2.28. The van der Waals surface area contributed by atoms with E-state index < -0.39 is 0 Å². The first-order valence-corrected chi connectivity index (χ1v) is 9.14. The third-order valence-electron chi connectivity index (χ3n) is 4.39. The van der Waals surface area contributed by atoms with Gasteiger partial charge >= 0.3 is 0 Å². The number of nitrogens with zero attached hydrogens (tertiary/aromatic N) is 1. The molecule has 0 bridgehead atoms. The van der Waals surface area contributed by atoms with Gasteiger partial charge in [0.2, 0.25) is 5.91 Å². The molecule has 2 aromatic rings. The third-order valence-corrected chi connectivity index (χ3v) is 4.39. The zero-order valence-corrected chi connectivity index (χ0v) is 17.4. The number of Topliss-reactive ketones (excluding diaryl/α,β-unsaturated/α-hetero) is 1. The van der Waals surface area contributed by atoms with Crippen LogP contribution in [0.2, 0.25) is 0 Å². The van der Waals surface area contributed by atoms with Crippen LogP contribution in [0.15, 0.2) is 36.4 Å². The molecule has 0 aromatic heterocycles. The summed E-state index contributed by atoms with van der Waals surface area (Å²) in [7, 11) is 2.99. The number of likely N-dealkylation sites (N-methyl/N-ethyl adjacent to an activating group) is 1. The standard InChI is InChI=1S/C22H26N2O5/c1-14-6-7-15(2)18(10-14)23-21(26)12-24(4)22(27)13-29-19-9-8-17(16(3)25)11-20(19)28-5/h6-11H,12-13H2,1-5H3,(H,23,26). The Balaban J connectivity index is 1.93. The molecule has 0 unspecified atom stereocenters. The zero-order chi connectivity index (χ0) is 21.6. The Hall–Kier alpha value is -3.35. The lowest BCUT2D eigenvalue weighted by Gasteiger charge is -2.18. The van der Waals surface area contributed by atoms with E-state index in [0.29, 0.717) is 17.1 Å². The number of amides is 2. The minimum absolute atomic E-state index is 0.0967. The molecular weight excluding hydrogens is 372 g/mol. The first kappa shape index (κ1) is 21.9. The Bertz CT molecular complexity index is 923. The summed E-state index contributed by atoms with van der Waals surface area (Å²) in [5.74, 6) is -0.0443. The summed E-state index contributed by atoms with van der Waals surface area (Å²) in [5, 5.41) is 2.82. The maximum Gasteiger partial charge on any atom is 0.260 e. The van der Waals surface area contributed by atoms with Crippen LogP contribution in [0, 0.1) is 13.8 Å². The predicted octanol–water partition coefficient (Wildman–Crippen LogP) is 2.99. The van der Waals surface area contributed by atoms with Crippen molar-refractivity contribution in [3.8, 4) is 11.5 Å². The van der Waals surface area contributed by atoms with E-state index in [1.807, 2.05) is 32.0 Å². The lowest BCUT2D eigenvalue weighted by atomic mass is 10.1. The molecule has 0 aliphatic heterocycles.